The maximum atomic E-state index is 10.9. The van der Waals surface area contributed by atoms with Crippen molar-refractivity contribution in [2.24, 2.45) is 0 Å². The first-order valence-corrected chi connectivity index (χ1v) is 4.98. The topological polar surface area (TPSA) is 55.1 Å². The highest BCUT2D eigenvalue weighted by molar-refractivity contribution is 5.85. The third-order valence-corrected chi connectivity index (χ3v) is 2.75. The molecule has 0 atom stereocenters. The van der Waals surface area contributed by atoms with Gasteiger partial charge in [0.25, 0.3) is 0 Å². The van der Waals surface area contributed by atoms with Crippen LogP contribution in [0, 0.1) is 6.92 Å². The van der Waals surface area contributed by atoms with Gasteiger partial charge in [-0.15, -0.1) is 0 Å². The largest absolute Gasteiger partial charge is 0.477 e. The van der Waals surface area contributed by atoms with Gasteiger partial charge in [0.15, 0.2) is 0 Å². The molecule has 0 aromatic carbocycles. The fourth-order valence-corrected chi connectivity index (χ4v) is 2.10. The van der Waals surface area contributed by atoms with Gasteiger partial charge in [0, 0.05) is 0 Å². The molecule has 1 saturated carbocycles. The third kappa shape index (κ3) is 1.52. The third-order valence-electron chi connectivity index (χ3n) is 2.75. The van der Waals surface area contributed by atoms with Crippen LogP contribution in [-0.2, 0) is 0 Å². The van der Waals surface area contributed by atoms with Crippen molar-refractivity contribution in [3.8, 4) is 0 Å². The Morgan fingerprint density at radius 3 is 2.79 bits per heavy atom. The lowest BCUT2D eigenvalue weighted by Gasteiger charge is -2.11. The van der Waals surface area contributed by atoms with Gasteiger partial charge in [-0.3, -0.25) is 4.68 Å². The average Bonchev–Trinajstić information content (AvgIpc) is 2.70. The number of aryl methyl sites for hydroxylation is 1. The molecule has 0 spiro atoms. The molecule has 0 amide bonds. The lowest BCUT2D eigenvalue weighted by molar-refractivity contribution is 0.0680. The molecular formula is C10H14N2O2. The van der Waals surface area contributed by atoms with Crippen molar-refractivity contribution in [2.45, 2.75) is 38.6 Å². The van der Waals surface area contributed by atoms with Crippen LogP contribution >= 0.6 is 0 Å². The van der Waals surface area contributed by atoms with E-state index in [1.54, 1.807) is 10.7 Å². The van der Waals surface area contributed by atoms with Crippen molar-refractivity contribution in [2.75, 3.05) is 0 Å². The second kappa shape index (κ2) is 3.44. The zero-order valence-corrected chi connectivity index (χ0v) is 8.23. The van der Waals surface area contributed by atoms with E-state index in [4.69, 9.17) is 5.11 Å². The molecule has 1 aromatic rings. The number of carbonyl (C=O) groups is 1. The summed E-state index contributed by atoms with van der Waals surface area (Å²) in [6.07, 6.45) is 4.48. The summed E-state index contributed by atoms with van der Waals surface area (Å²) < 4.78 is 1.69. The average molecular weight is 194 g/mol. The monoisotopic (exact) mass is 194 g/mol. The summed E-state index contributed by atoms with van der Waals surface area (Å²) in [4.78, 5) is 10.9. The number of nitrogens with zero attached hydrogens (tertiary/aromatic N) is 2. The molecular weight excluding hydrogens is 180 g/mol. The van der Waals surface area contributed by atoms with Crippen LogP contribution in [0.5, 0.6) is 0 Å². The van der Waals surface area contributed by atoms with E-state index < -0.39 is 5.97 Å². The highest BCUT2D eigenvalue weighted by atomic mass is 16.4. The normalized spacial score (nSPS) is 17.5. The van der Waals surface area contributed by atoms with Crippen LogP contribution in [-0.4, -0.2) is 20.9 Å². The lowest BCUT2D eigenvalue weighted by atomic mass is 10.2. The maximum absolute atomic E-state index is 10.9. The highest BCUT2D eigenvalue weighted by Gasteiger charge is 2.23. The van der Waals surface area contributed by atoms with Gasteiger partial charge in [0.05, 0.1) is 11.7 Å². The molecule has 4 heteroatoms. The smallest absolute Gasteiger partial charge is 0.354 e. The van der Waals surface area contributed by atoms with Crippen molar-refractivity contribution in [3.05, 3.63) is 17.5 Å². The van der Waals surface area contributed by atoms with Crippen LogP contribution in [0.3, 0.4) is 0 Å². The van der Waals surface area contributed by atoms with E-state index in [-0.39, 0.29) is 0 Å². The number of aromatic nitrogens is 2. The van der Waals surface area contributed by atoms with Crippen LogP contribution in [0.25, 0.3) is 0 Å². The standard InChI is InChI=1S/C10H14N2O2/c1-7-6-9(10(13)14)12(11-7)8-4-2-3-5-8/h6,8H,2-5H2,1H3,(H,13,14). The molecule has 0 radical (unpaired) electrons. The predicted octanol–water partition coefficient (Wildman–Crippen LogP) is 2.00. The van der Waals surface area contributed by atoms with Gasteiger partial charge in [-0.25, -0.2) is 4.79 Å². The van der Waals surface area contributed by atoms with Crippen LogP contribution in [0.15, 0.2) is 6.07 Å². The first kappa shape index (κ1) is 9.24. The molecule has 1 aromatic heterocycles. The zero-order valence-electron chi connectivity index (χ0n) is 8.23. The number of hydrogen-bond acceptors (Lipinski definition) is 2. The number of carboxylic acids is 1. The van der Waals surface area contributed by atoms with E-state index in [1.165, 1.54) is 12.8 Å². The van der Waals surface area contributed by atoms with E-state index in [9.17, 15) is 4.79 Å². The number of hydrogen-bond donors (Lipinski definition) is 1. The van der Waals surface area contributed by atoms with Gasteiger partial charge in [-0.2, -0.15) is 5.10 Å². The fourth-order valence-electron chi connectivity index (χ4n) is 2.10. The molecule has 2 rings (SSSR count). The van der Waals surface area contributed by atoms with E-state index in [0.29, 0.717) is 11.7 Å². The number of carboxylic acid groups (broad SMARTS) is 1. The van der Waals surface area contributed by atoms with Gasteiger partial charge in [-0.05, 0) is 25.8 Å². The van der Waals surface area contributed by atoms with E-state index >= 15 is 0 Å². The first-order chi connectivity index (χ1) is 6.68. The van der Waals surface area contributed by atoms with Gasteiger partial charge >= 0.3 is 5.97 Å². The summed E-state index contributed by atoms with van der Waals surface area (Å²) in [6, 6.07) is 1.94. The Bertz CT molecular complexity index is 351. The van der Waals surface area contributed by atoms with Crippen molar-refractivity contribution in [1.29, 1.82) is 0 Å². The summed E-state index contributed by atoms with van der Waals surface area (Å²) >= 11 is 0. The number of rotatable bonds is 2. The molecule has 0 unspecified atom stereocenters. The Labute approximate surface area is 82.5 Å². The number of aromatic carboxylic acids is 1. The lowest BCUT2D eigenvalue weighted by Crippen LogP contribution is -2.14. The molecule has 1 aliphatic carbocycles. The van der Waals surface area contributed by atoms with E-state index in [2.05, 4.69) is 5.10 Å². The second-order valence-corrected chi connectivity index (χ2v) is 3.86. The Morgan fingerprint density at radius 2 is 2.21 bits per heavy atom. The fraction of sp³-hybridized carbons (Fsp3) is 0.600. The SMILES string of the molecule is Cc1cc(C(=O)O)n(C2CCCC2)n1. The highest BCUT2D eigenvalue weighted by Crippen LogP contribution is 2.30. The van der Waals surface area contributed by atoms with E-state index in [0.717, 1.165) is 18.5 Å². The van der Waals surface area contributed by atoms with E-state index in [1.807, 2.05) is 6.92 Å². The minimum absolute atomic E-state index is 0.301. The van der Waals surface area contributed by atoms with Gasteiger partial charge in [-0.1, -0.05) is 12.8 Å². The minimum atomic E-state index is -0.877. The molecule has 76 valence electrons. The van der Waals surface area contributed by atoms with Crippen LogP contribution in [0.1, 0.15) is 47.9 Å². The Hall–Kier alpha value is -1.32. The Kier molecular flexibility index (Phi) is 2.27. The van der Waals surface area contributed by atoms with Gasteiger partial charge in [0.1, 0.15) is 5.69 Å². The first-order valence-electron chi connectivity index (χ1n) is 4.98. The maximum Gasteiger partial charge on any atom is 0.354 e. The molecule has 1 fully saturated rings. The molecule has 1 N–H and O–H groups in total. The van der Waals surface area contributed by atoms with Crippen LogP contribution in [0.2, 0.25) is 0 Å². The molecule has 4 nitrogen and oxygen atoms in total. The summed E-state index contributed by atoms with van der Waals surface area (Å²) in [7, 11) is 0. The second-order valence-electron chi connectivity index (χ2n) is 3.86. The predicted molar refractivity (Wildman–Crippen MR) is 51.4 cm³/mol. The van der Waals surface area contributed by atoms with Crippen molar-refractivity contribution in [1.82, 2.24) is 9.78 Å². The quantitative estimate of drug-likeness (QED) is 0.783. The van der Waals surface area contributed by atoms with Crippen LogP contribution in [0.4, 0.5) is 0 Å². The van der Waals surface area contributed by atoms with Crippen molar-refractivity contribution < 1.29 is 9.90 Å². The van der Waals surface area contributed by atoms with Crippen molar-refractivity contribution in [3.63, 3.8) is 0 Å². The summed E-state index contributed by atoms with van der Waals surface area (Å²) in [5, 5.41) is 13.2. The molecule has 1 aliphatic rings. The van der Waals surface area contributed by atoms with Gasteiger partial charge < -0.3 is 5.11 Å². The minimum Gasteiger partial charge on any atom is -0.477 e. The Morgan fingerprint density at radius 1 is 1.57 bits per heavy atom. The molecule has 1 heterocycles. The summed E-state index contributed by atoms with van der Waals surface area (Å²) in [5.74, 6) is -0.877. The molecule has 0 saturated heterocycles. The van der Waals surface area contributed by atoms with Crippen LogP contribution < -0.4 is 0 Å². The molecule has 0 aliphatic heterocycles. The summed E-state index contributed by atoms with van der Waals surface area (Å²) in [6.45, 7) is 1.83. The Balaban J connectivity index is 2.35. The summed E-state index contributed by atoms with van der Waals surface area (Å²) in [5.41, 5.74) is 1.11. The molecule has 0 bridgehead atoms. The van der Waals surface area contributed by atoms with Crippen molar-refractivity contribution >= 4 is 5.97 Å². The zero-order chi connectivity index (χ0) is 10.1. The molecule has 14 heavy (non-hydrogen) atoms. The van der Waals surface area contributed by atoms with Gasteiger partial charge in [0.2, 0.25) is 0 Å².